The van der Waals surface area contributed by atoms with Crippen molar-refractivity contribution in [3.8, 4) is 11.6 Å². The van der Waals surface area contributed by atoms with Gasteiger partial charge in [-0.15, -0.1) is 0 Å². The Bertz CT molecular complexity index is 1660. The van der Waals surface area contributed by atoms with Crippen molar-refractivity contribution in [3.63, 3.8) is 0 Å². The van der Waals surface area contributed by atoms with E-state index in [9.17, 15) is 22.8 Å². The lowest BCUT2D eigenvalue weighted by Crippen LogP contribution is -2.41. The number of hydrogen-bond acceptors (Lipinski definition) is 7. The third kappa shape index (κ3) is 4.16. The molecule has 0 bridgehead atoms. The van der Waals surface area contributed by atoms with Gasteiger partial charge >= 0.3 is 12.2 Å². The predicted molar refractivity (Wildman–Crippen MR) is 136 cm³/mol. The number of nitrogens with one attached hydrogen (secondary N) is 1. The maximum atomic E-state index is 13.4. The van der Waals surface area contributed by atoms with Crippen molar-refractivity contribution in [2.24, 2.45) is 0 Å². The fourth-order valence-electron chi connectivity index (χ4n) is 5.26. The van der Waals surface area contributed by atoms with Crippen LogP contribution in [0.25, 0.3) is 10.9 Å². The van der Waals surface area contributed by atoms with Crippen molar-refractivity contribution in [1.29, 1.82) is 0 Å². The molecule has 0 radical (unpaired) electrons. The van der Waals surface area contributed by atoms with Crippen LogP contribution < -0.4 is 10.1 Å². The van der Waals surface area contributed by atoms with Gasteiger partial charge in [-0.3, -0.25) is 14.7 Å². The molecule has 1 saturated carbocycles. The summed E-state index contributed by atoms with van der Waals surface area (Å²) in [6.07, 6.45) is -1.07. The molecule has 1 fully saturated rings. The molecule has 1 atom stereocenters. The van der Waals surface area contributed by atoms with Gasteiger partial charge in [0, 0.05) is 41.7 Å². The molecule has 2 amide bonds. The van der Waals surface area contributed by atoms with Crippen LogP contribution in [0.2, 0.25) is 0 Å². The molecule has 4 heterocycles. The largest absolute Gasteiger partial charge is 0.438 e. The summed E-state index contributed by atoms with van der Waals surface area (Å²) in [5.41, 5.74) is 0.878. The highest BCUT2D eigenvalue weighted by Crippen LogP contribution is 2.59. The van der Waals surface area contributed by atoms with Crippen LogP contribution in [0.4, 0.5) is 23.8 Å². The molecular formula is C27H25F3N6O4. The highest BCUT2D eigenvalue weighted by Gasteiger charge is 2.67. The average molecular weight is 555 g/mol. The van der Waals surface area contributed by atoms with E-state index in [1.54, 1.807) is 29.3 Å². The number of nitrogens with zero attached hydrogens (tertiary/aromatic N) is 5. The first-order valence-corrected chi connectivity index (χ1v) is 12.7. The van der Waals surface area contributed by atoms with Crippen LogP contribution in [-0.2, 0) is 23.2 Å². The number of rotatable bonds is 4. The number of aryl methyl sites for hydroxylation is 1. The number of halogens is 3. The van der Waals surface area contributed by atoms with Crippen molar-refractivity contribution in [2.45, 2.75) is 64.2 Å². The zero-order valence-corrected chi connectivity index (χ0v) is 21.9. The van der Waals surface area contributed by atoms with Gasteiger partial charge in [0.25, 0.3) is 0 Å². The van der Waals surface area contributed by atoms with Gasteiger partial charge in [-0.25, -0.2) is 14.8 Å². The summed E-state index contributed by atoms with van der Waals surface area (Å²) in [4.78, 5) is 35.4. The molecule has 1 aliphatic heterocycles. The topological polar surface area (TPSA) is 115 Å². The van der Waals surface area contributed by atoms with E-state index in [1.165, 1.54) is 17.8 Å². The van der Waals surface area contributed by atoms with Gasteiger partial charge in [0.05, 0.1) is 17.8 Å². The normalized spacial score (nSPS) is 17.9. The number of hydrogen-bond donors (Lipinski definition) is 1. The van der Waals surface area contributed by atoms with E-state index in [4.69, 9.17) is 9.26 Å². The van der Waals surface area contributed by atoms with E-state index < -0.39 is 17.6 Å². The number of fused-ring (bicyclic) bond motifs is 2. The Balaban J connectivity index is 1.23. The number of carbonyl (C=O) groups excluding carboxylic acids is 2. The van der Waals surface area contributed by atoms with Crippen LogP contribution in [0.3, 0.4) is 0 Å². The zero-order chi connectivity index (χ0) is 28.4. The molecule has 3 aromatic heterocycles. The standard InChI is InChI=1S/C27H25F3N6O4/c1-14-10-18-19(12-36(14)16(3)37)31-13-32-24(18)39-21-5-4-20-17(15(21)2)6-9-35(20)25(38)33-23-11-22(40-34-23)26(7-8-26)27(28,29)30/h4-6,9,11,13-14H,7-8,10,12H2,1-3H3,(H,33,34,38). The maximum Gasteiger partial charge on any atom is 0.401 e. The maximum absolute atomic E-state index is 13.4. The average Bonchev–Trinajstić information content (AvgIpc) is 3.40. The number of anilines is 1. The SMILES string of the molecule is CC(=O)N1Cc2ncnc(Oc3ccc4c(ccn4C(=O)Nc4cc(C5(C(F)(F)F)CC5)on4)c3C)c2CC1C. The van der Waals surface area contributed by atoms with Crippen molar-refractivity contribution in [3.05, 3.63) is 59.4 Å². The molecule has 1 aromatic carbocycles. The van der Waals surface area contributed by atoms with Gasteiger partial charge in [0.1, 0.15) is 17.5 Å². The molecule has 2 aliphatic rings. The highest BCUT2D eigenvalue weighted by molar-refractivity contribution is 5.99. The predicted octanol–water partition coefficient (Wildman–Crippen LogP) is 5.49. The second kappa shape index (κ2) is 9.07. The molecule has 0 saturated heterocycles. The molecule has 1 aliphatic carbocycles. The Kier molecular flexibility index (Phi) is 5.86. The lowest BCUT2D eigenvalue weighted by molar-refractivity contribution is -0.165. The van der Waals surface area contributed by atoms with Crippen molar-refractivity contribution in [1.82, 2.24) is 24.6 Å². The number of alkyl halides is 3. The van der Waals surface area contributed by atoms with Gasteiger partial charge in [0.2, 0.25) is 11.8 Å². The third-order valence-corrected chi connectivity index (χ3v) is 7.78. The Morgan fingerprint density at radius 3 is 2.67 bits per heavy atom. The van der Waals surface area contributed by atoms with Gasteiger partial charge in [0.15, 0.2) is 11.6 Å². The molecule has 1 N–H and O–H groups in total. The van der Waals surface area contributed by atoms with Gasteiger partial charge < -0.3 is 14.2 Å². The van der Waals surface area contributed by atoms with Gasteiger partial charge in [-0.05, 0) is 51.3 Å². The minimum absolute atomic E-state index is 0.0220. The van der Waals surface area contributed by atoms with Crippen LogP contribution >= 0.6 is 0 Å². The van der Waals surface area contributed by atoms with Crippen molar-refractivity contribution >= 4 is 28.7 Å². The van der Waals surface area contributed by atoms with Crippen molar-refractivity contribution < 1.29 is 32.0 Å². The van der Waals surface area contributed by atoms with Gasteiger partial charge in [-0.1, -0.05) is 5.16 Å². The number of benzene rings is 1. The van der Waals surface area contributed by atoms with Crippen LogP contribution in [-0.4, -0.2) is 48.7 Å². The van der Waals surface area contributed by atoms with Crippen LogP contribution in [0, 0.1) is 6.92 Å². The second-order valence-corrected chi connectivity index (χ2v) is 10.3. The molecule has 4 aromatic rings. The first-order valence-electron chi connectivity index (χ1n) is 12.7. The molecule has 1 unspecified atom stereocenters. The zero-order valence-electron chi connectivity index (χ0n) is 21.9. The Morgan fingerprint density at radius 1 is 1.20 bits per heavy atom. The fourth-order valence-corrected chi connectivity index (χ4v) is 5.26. The van der Waals surface area contributed by atoms with Crippen LogP contribution in [0.15, 0.2) is 41.3 Å². The minimum atomic E-state index is -4.44. The number of aromatic nitrogens is 4. The second-order valence-electron chi connectivity index (χ2n) is 10.3. The van der Waals surface area contributed by atoms with Crippen molar-refractivity contribution in [2.75, 3.05) is 5.32 Å². The monoisotopic (exact) mass is 554 g/mol. The highest BCUT2D eigenvalue weighted by atomic mass is 19.4. The molecular weight excluding hydrogens is 529 g/mol. The van der Waals surface area contributed by atoms with Gasteiger partial charge in [-0.2, -0.15) is 13.2 Å². The van der Waals surface area contributed by atoms with E-state index in [-0.39, 0.29) is 36.4 Å². The smallest absolute Gasteiger partial charge is 0.401 e. The summed E-state index contributed by atoms with van der Waals surface area (Å²) in [5, 5.41) is 6.87. The quantitative estimate of drug-likeness (QED) is 0.355. The summed E-state index contributed by atoms with van der Waals surface area (Å²) in [6, 6.07) is 5.67. The van der Waals surface area contributed by atoms with E-state index in [1.807, 2.05) is 13.8 Å². The first kappa shape index (κ1) is 25.8. The molecule has 13 heteroatoms. The molecule has 0 spiro atoms. The molecule has 40 heavy (non-hydrogen) atoms. The van der Waals surface area contributed by atoms with E-state index in [0.29, 0.717) is 30.1 Å². The Hall–Kier alpha value is -4.42. The molecule has 208 valence electrons. The Labute approximate surface area is 226 Å². The van der Waals surface area contributed by atoms with Crippen LogP contribution in [0.1, 0.15) is 49.3 Å². The lowest BCUT2D eigenvalue weighted by atomic mass is 9.99. The first-order chi connectivity index (χ1) is 19.0. The minimum Gasteiger partial charge on any atom is -0.438 e. The molecule has 10 nitrogen and oxygen atoms in total. The third-order valence-electron chi connectivity index (χ3n) is 7.78. The lowest BCUT2D eigenvalue weighted by Gasteiger charge is -2.33. The van der Waals surface area contributed by atoms with E-state index in [2.05, 4.69) is 20.4 Å². The fraction of sp³-hybridized carbons (Fsp3) is 0.370. The van der Waals surface area contributed by atoms with Crippen LogP contribution in [0.5, 0.6) is 11.6 Å². The summed E-state index contributed by atoms with van der Waals surface area (Å²) in [5.74, 6) is 0.525. The van der Waals surface area contributed by atoms with E-state index in [0.717, 1.165) is 28.3 Å². The number of ether oxygens (including phenoxy) is 1. The molecule has 6 rings (SSSR count). The summed E-state index contributed by atoms with van der Waals surface area (Å²) in [6.45, 7) is 5.73. The Morgan fingerprint density at radius 2 is 1.98 bits per heavy atom. The summed E-state index contributed by atoms with van der Waals surface area (Å²) in [7, 11) is 0. The summed E-state index contributed by atoms with van der Waals surface area (Å²) >= 11 is 0. The summed E-state index contributed by atoms with van der Waals surface area (Å²) < 4.78 is 52.7. The number of carbonyl (C=O) groups is 2. The van der Waals surface area contributed by atoms with E-state index >= 15 is 0 Å². The number of amides is 2.